The average Bonchev–Trinajstić information content (AvgIpc) is 2.60. The number of carbonyl (C=O) groups is 2. The van der Waals surface area contributed by atoms with Crippen molar-refractivity contribution in [3.8, 4) is 0 Å². The molecule has 0 atom stereocenters. The van der Waals surface area contributed by atoms with Crippen molar-refractivity contribution in [2.45, 2.75) is 13.8 Å². The molecule has 0 bridgehead atoms. The molecule has 7 heteroatoms. The molecule has 1 fully saturated rings. The lowest BCUT2D eigenvalue weighted by Gasteiger charge is -2.35. The third kappa shape index (κ3) is 3.76. The highest BCUT2D eigenvalue weighted by Gasteiger charge is 2.23. The molecule has 1 N–H and O–H groups in total. The molecule has 1 aromatic heterocycles. The minimum Gasteiger partial charge on any atom is -0.478 e. The minimum absolute atomic E-state index is 0.122. The molecule has 1 aliphatic heterocycles. The zero-order valence-electron chi connectivity index (χ0n) is 14.3. The summed E-state index contributed by atoms with van der Waals surface area (Å²) in [6.45, 7) is 6.30. The number of piperazine rings is 1. The predicted octanol–water partition coefficient (Wildman–Crippen LogP) is 1.75. The van der Waals surface area contributed by atoms with Crippen LogP contribution in [-0.4, -0.2) is 58.0 Å². The van der Waals surface area contributed by atoms with Crippen LogP contribution in [0.2, 0.25) is 0 Å². The minimum atomic E-state index is -1.03. The fraction of sp³-hybridized carbons (Fsp3) is 0.333. The van der Waals surface area contributed by atoms with Crippen molar-refractivity contribution >= 4 is 17.7 Å². The molecule has 0 spiro atoms. The number of aromatic nitrogens is 2. The van der Waals surface area contributed by atoms with E-state index < -0.39 is 5.97 Å². The summed E-state index contributed by atoms with van der Waals surface area (Å²) in [6, 6.07) is 8.10. The molecule has 2 aromatic rings. The molecule has 1 aliphatic rings. The Morgan fingerprint density at radius 3 is 2.32 bits per heavy atom. The van der Waals surface area contributed by atoms with Crippen molar-refractivity contribution in [3.05, 3.63) is 53.0 Å². The second-order valence-electron chi connectivity index (χ2n) is 6.08. The number of aryl methyl sites for hydroxylation is 2. The molecule has 0 aliphatic carbocycles. The molecule has 1 saturated heterocycles. The van der Waals surface area contributed by atoms with Gasteiger partial charge in [0.05, 0.1) is 5.56 Å². The second-order valence-corrected chi connectivity index (χ2v) is 6.08. The number of aromatic carboxylic acids is 1. The third-order valence-corrected chi connectivity index (χ3v) is 4.20. The van der Waals surface area contributed by atoms with Crippen LogP contribution in [0.3, 0.4) is 0 Å². The Labute approximate surface area is 145 Å². The third-order valence-electron chi connectivity index (χ3n) is 4.20. The van der Waals surface area contributed by atoms with Crippen LogP contribution >= 0.6 is 0 Å². The zero-order valence-corrected chi connectivity index (χ0v) is 14.3. The number of carbonyl (C=O) groups excluding carboxylic acids is 1. The lowest BCUT2D eigenvalue weighted by Crippen LogP contribution is -2.49. The number of hydrogen-bond donors (Lipinski definition) is 1. The van der Waals surface area contributed by atoms with Crippen LogP contribution in [-0.2, 0) is 0 Å². The van der Waals surface area contributed by atoms with Gasteiger partial charge in [-0.25, -0.2) is 14.8 Å². The van der Waals surface area contributed by atoms with E-state index in [1.807, 2.05) is 19.9 Å². The van der Waals surface area contributed by atoms with Gasteiger partial charge in [-0.2, -0.15) is 0 Å². The Kier molecular flexibility index (Phi) is 4.65. The Bertz CT molecular complexity index is 793. The number of benzene rings is 1. The van der Waals surface area contributed by atoms with Crippen molar-refractivity contribution in [1.29, 1.82) is 0 Å². The first-order chi connectivity index (χ1) is 11.9. The maximum absolute atomic E-state index is 12.6. The van der Waals surface area contributed by atoms with Gasteiger partial charge in [0.2, 0.25) is 0 Å². The van der Waals surface area contributed by atoms with E-state index in [1.54, 1.807) is 17.0 Å². The number of carboxylic acids is 1. The van der Waals surface area contributed by atoms with Crippen LogP contribution in [0.5, 0.6) is 0 Å². The smallest absolute Gasteiger partial charge is 0.335 e. The molecular weight excluding hydrogens is 320 g/mol. The Morgan fingerprint density at radius 1 is 1.00 bits per heavy atom. The first-order valence-electron chi connectivity index (χ1n) is 8.14. The summed E-state index contributed by atoms with van der Waals surface area (Å²) in [5.74, 6) is 0.440. The first kappa shape index (κ1) is 16.9. The summed E-state index contributed by atoms with van der Waals surface area (Å²) in [5.41, 5.74) is 1.45. The molecule has 0 unspecified atom stereocenters. The van der Waals surface area contributed by atoms with Gasteiger partial charge in [0.1, 0.15) is 11.6 Å². The SMILES string of the molecule is Cc1cc(N2CCN(C(=O)c3cccc(C(=O)O)c3)CC2)nc(C)n1. The lowest BCUT2D eigenvalue weighted by molar-refractivity contribution is 0.0697. The van der Waals surface area contributed by atoms with Gasteiger partial charge >= 0.3 is 5.97 Å². The van der Waals surface area contributed by atoms with Crippen molar-refractivity contribution in [2.24, 2.45) is 0 Å². The van der Waals surface area contributed by atoms with E-state index in [9.17, 15) is 9.59 Å². The molecule has 0 radical (unpaired) electrons. The van der Waals surface area contributed by atoms with E-state index in [1.165, 1.54) is 12.1 Å². The van der Waals surface area contributed by atoms with E-state index >= 15 is 0 Å². The van der Waals surface area contributed by atoms with Crippen molar-refractivity contribution in [3.63, 3.8) is 0 Å². The van der Waals surface area contributed by atoms with Crippen LogP contribution < -0.4 is 4.90 Å². The highest BCUT2D eigenvalue weighted by molar-refractivity contribution is 5.97. The highest BCUT2D eigenvalue weighted by atomic mass is 16.4. The number of rotatable bonds is 3. The Hall–Kier alpha value is -2.96. The summed E-state index contributed by atoms with van der Waals surface area (Å²) in [4.78, 5) is 36.3. The van der Waals surface area contributed by atoms with Crippen LogP contribution in [0.1, 0.15) is 32.2 Å². The van der Waals surface area contributed by atoms with Gasteiger partial charge in [0.25, 0.3) is 5.91 Å². The number of hydrogen-bond acceptors (Lipinski definition) is 5. The summed E-state index contributed by atoms with van der Waals surface area (Å²) in [6.07, 6.45) is 0. The zero-order chi connectivity index (χ0) is 18.0. The fourth-order valence-corrected chi connectivity index (χ4v) is 2.97. The first-order valence-corrected chi connectivity index (χ1v) is 8.14. The fourth-order valence-electron chi connectivity index (χ4n) is 2.97. The van der Waals surface area contributed by atoms with Crippen LogP contribution in [0, 0.1) is 13.8 Å². The molecule has 7 nitrogen and oxygen atoms in total. The number of nitrogens with zero attached hydrogens (tertiary/aromatic N) is 4. The van der Waals surface area contributed by atoms with Crippen molar-refractivity contribution in [1.82, 2.24) is 14.9 Å². The van der Waals surface area contributed by atoms with E-state index in [0.717, 1.165) is 17.3 Å². The number of amides is 1. The summed E-state index contributed by atoms with van der Waals surface area (Å²) in [7, 11) is 0. The summed E-state index contributed by atoms with van der Waals surface area (Å²) < 4.78 is 0. The van der Waals surface area contributed by atoms with E-state index in [0.29, 0.717) is 31.7 Å². The topological polar surface area (TPSA) is 86.6 Å². The Morgan fingerprint density at radius 2 is 1.68 bits per heavy atom. The van der Waals surface area contributed by atoms with Gasteiger partial charge in [-0.15, -0.1) is 0 Å². The standard InChI is InChI=1S/C18H20N4O3/c1-12-10-16(20-13(2)19-12)21-6-8-22(9-7-21)17(23)14-4-3-5-15(11-14)18(24)25/h3-5,10-11H,6-9H2,1-2H3,(H,24,25). The van der Waals surface area contributed by atoms with Gasteiger partial charge < -0.3 is 14.9 Å². The molecule has 130 valence electrons. The maximum atomic E-state index is 12.6. The van der Waals surface area contributed by atoms with Gasteiger partial charge in [-0.3, -0.25) is 4.79 Å². The molecule has 3 rings (SSSR count). The lowest BCUT2D eigenvalue weighted by atomic mass is 10.1. The van der Waals surface area contributed by atoms with Crippen molar-refractivity contribution in [2.75, 3.05) is 31.1 Å². The average molecular weight is 340 g/mol. The largest absolute Gasteiger partial charge is 0.478 e. The summed E-state index contributed by atoms with van der Waals surface area (Å²) in [5, 5.41) is 9.06. The van der Waals surface area contributed by atoms with Crippen LogP contribution in [0.25, 0.3) is 0 Å². The predicted molar refractivity (Wildman–Crippen MR) is 93.0 cm³/mol. The van der Waals surface area contributed by atoms with Gasteiger partial charge in [-0.1, -0.05) is 6.07 Å². The van der Waals surface area contributed by atoms with E-state index in [4.69, 9.17) is 5.11 Å². The van der Waals surface area contributed by atoms with Crippen molar-refractivity contribution < 1.29 is 14.7 Å². The molecule has 2 heterocycles. The number of carboxylic acid groups (broad SMARTS) is 1. The number of anilines is 1. The Balaban J connectivity index is 1.68. The van der Waals surface area contributed by atoms with Gasteiger partial charge in [0, 0.05) is 43.5 Å². The summed E-state index contributed by atoms with van der Waals surface area (Å²) >= 11 is 0. The van der Waals surface area contributed by atoms with E-state index in [-0.39, 0.29) is 11.5 Å². The quantitative estimate of drug-likeness (QED) is 0.916. The van der Waals surface area contributed by atoms with Gasteiger partial charge in [0.15, 0.2) is 0 Å². The second kappa shape index (κ2) is 6.88. The van der Waals surface area contributed by atoms with Crippen LogP contribution in [0.4, 0.5) is 5.82 Å². The molecule has 1 amide bonds. The molecule has 1 aromatic carbocycles. The highest BCUT2D eigenvalue weighted by Crippen LogP contribution is 2.17. The maximum Gasteiger partial charge on any atom is 0.335 e. The molecule has 25 heavy (non-hydrogen) atoms. The van der Waals surface area contributed by atoms with Crippen LogP contribution in [0.15, 0.2) is 30.3 Å². The molecular formula is C18H20N4O3. The monoisotopic (exact) mass is 340 g/mol. The van der Waals surface area contributed by atoms with E-state index in [2.05, 4.69) is 14.9 Å². The molecule has 0 saturated carbocycles. The normalized spacial score (nSPS) is 14.5. The van der Waals surface area contributed by atoms with Gasteiger partial charge in [-0.05, 0) is 32.0 Å².